The summed E-state index contributed by atoms with van der Waals surface area (Å²) in [6.45, 7) is 3.19. The summed E-state index contributed by atoms with van der Waals surface area (Å²) in [5.41, 5.74) is 1.85. The first kappa shape index (κ1) is 17.1. The van der Waals surface area contributed by atoms with E-state index in [0.29, 0.717) is 23.0 Å². The van der Waals surface area contributed by atoms with Gasteiger partial charge in [0.1, 0.15) is 5.58 Å². The Bertz CT molecular complexity index is 1050. The van der Waals surface area contributed by atoms with E-state index >= 15 is 0 Å². The van der Waals surface area contributed by atoms with Gasteiger partial charge in [-0.1, -0.05) is 23.9 Å². The van der Waals surface area contributed by atoms with E-state index in [9.17, 15) is 9.59 Å². The minimum atomic E-state index is -0.377. The standard InChI is InChI=1S/C18H19N3O4S/c1-11-4-5-14-12(8-16(22)25-15(14)7-11)10-26-18-20-19-17(23)21(18)9-13-3-2-6-24-13/h4-5,7-8,13H,2-3,6,9-10H2,1H3,(H,19,23). The minimum absolute atomic E-state index is 0.0530. The van der Waals surface area contributed by atoms with E-state index in [-0.39, 0.29) is 17.4 Å². The predicted molar refractivity (Wildman–Crippen MR) is 98.6 cm³/mol. The maximum absolute atomic E-state index is 12.1. The highest BCUT2D eigenvalue weighted by Crippen LogP contribution is 2.26. The van der Waals surface area contributed by atoms with E-state index in [2.05, 4.69) is 10.2 Å². The number of hydrogen-bond donors (Lipinski definition) is 1. The van der Waals surface area contributed by atoms with Crippen molar-refractivity contribution in [2.24, 2.45) is 0 Å². The second-order valence-electron chi connectivity index (χ2n) is 6.44. The van der Waals surface area contributed by atoms with Crippen molar-refractivity contribution >= 4 is 22.7 Å². The van der Waals surface area contributed by atoms with Crippen molar-refractivity contribution in [3.05, 3.63) is 56.3 Å². The van der Waals surface area contributed by atoms with Crippen LogP contribution < -0.4 is 11.3 Å². The van der Waals surface area contributed by atoms with Gasteiger partial charge in [0.2, 0.25) is 0 Å². The van der Waals surface area contributed by atoms with Crippen LogP contribution in [0.4, 0.5) is 0 Å². The average molecular weight is 373 g/mol. The van der Waals surface area contributed by atoms with E-state index in [1.807, 2.05) is 25.1 Å². The second kappa shape index (κ2) is 7.13. The van der Waals surface area contributed by atoms with Crippen molar-refractivity contribution < 1.29 is 9.15 Å². The smallest absolute Gasteiger partial charge is 0.344 e. The van der Waals surface area contributed by atoms with Gasteiger partial charge in [-0.25, -0.2) is 14.7 Å². The first-order valence-corrected chi connectivity index (χ1v) is 9.52. The number of nitrogens with one attached hydrogen (secondary N) is 1. The number of H-pyrrole nitrogens is 1. The number of rotatable bonds is 5. The Labute approximate surface area is 153 Å². The molecule has 8 heteroatoms. The molecule has 136 valence electrons. The number of benzene rings is 1. The van der Waals surface area contributed by atoms with Crippen LogP contribution in [0.25, 0.3) is 11.0 Å². The van der Waals surface area contributed by atoms with Crippen LogP contribution in [0, 0.1) is 6.92 Å². The minimum Gasteiger partial charge on any atom is -0.423 e. The van der Waals surface area contributed by atoms with E-state index in [4.69, 9.17) is 9.15 Å². The monoisotopic (exact) mass is 373 g/mol. The van der Waals surface area contributed by atoms with Gasteiger partial charge in [-0.15, -0.1) is 5.10 Å². The van der Waals surface area contributed by atoms with Gasteiger partial charge in [-0.05, 0) is 37.0 Å². The quantitative estimate of drug-likeness (QED) is 0.546. The first-order valence-electron chi connectivity index (χ1n) is 8.53. The highest BCUT2D eigenvalue weighted by molar-refractivity contribution is 7.98. The van der Waals surface area contributed by atoms with Gasteiger partial charge < -0.3 is 9.15 Å². The Morgan fingerprint density at radius 1 is 1.35 bits per heavy atom. The zero-order chi connectivity index (χ0) is 18.1. The second-order valence-corrected chi connectivity index (χ2v) is 7.38. The molecule has 1 unspecified atom stereocenters. The summed E-state index contributed by atoms with van der Waals surface area (Å²) in [5, 5.41) is 8.12. The molecule has 7 nitrogen and oxygen atoms in total. The molecule has 1 fully saturated rings. The maximum atomic E-state index is 12.1. The van der Waals surface area contributed by atoms with Crippen LogP contribution in [0.1, 0.15) is 24.0 Å². The largest absolute Gasteiger partial charge is 0.423 e. The molecule has 1 N–H and O–H groups in total. The number of fused-ring (bicyclic) bond motifs is 1. The number of aromatic nitrogens is 3. The molecule has 0 aliphatic carbocycles. The lowest BCUT2D eigenvalue weighted by atomic mass is 10.1. The number of hydrogen-bond acceptors (Lipinski definition) is 6. The number of aromatic amines is 1. The molecule has 3 aromatic rings. The number of ether oxygens (including phenoxy) is 1. The number of thioether (sulfide) groups is 1. The van der Waals surface area contributed by atoms with Crippen LogP contribution in [0.3, 0.4) is 0 Å². The lowest BCUT2D eigenvalue weighted by Crippen LogP contribution is -2.24. The summed E-state index contributed by atoms with van der Waals surface area (Å²) in [5.74, 6) is 0.515. The lowest BCUT2D eigenvalue weighted by Gasteiger charge is -2.11. The predicted octanol–water partition coefficient (Wildman–Crippen LogP) is 2.46. The maximum Gasteiger partial charge on any atom is 0.344 e. The molecular weight excluding hydrogens is 354 g/mol. The van der Waals surface area contributed by atoms with Gasteiger partial charge in [-0.3, -0.25) is 4.57 Å². The molecule has 3 heterocycles. The van der Waals surface area contributed by atoms with Crippen molar-refractivity contribution in [1.82, 2.24) is 14.8 Å². The highest BCUT2D eigenvalue weighted by atomic mass is 32.2. The third-order valence-electron chi connectivity index (χ3n) is 4.48. The summed E-state index contributed by atoms with van der Waals surface area (Å²) in [6.07, 6.45) is 2.02. The Balaban J connectivity index is 1.59. The summed E-state index contributed by atoms with van der Waals surface area (Å²) in [4.78, 5) is 23.9. The molecule has 1 atom stereocenters. The molecule has 0 spiro atoms. The Morgan fingerprint density at radius 3 is 3.04 bits per heavy atom. The van der Waals surface area contributed by atoms with Gasteiger partial charge in [0.05, 0.1) is 12.6 Å². The third kappa shape index (κ3) is 3.47. The molecule has 0 amide bonds. The molecule has 1 saturated heterocycles. The van der Waals surface area contributed by atoms with Crippen LogP contribution in [0.5, 0.6) is 0 Å². The van der Waals surface area contributed by atoms with E-state index in [1.54, 1.807) is 4.57 Å². The normalized spacial score (nSPS) is 17.2. The molecule has 0 radical (unpaired) electrons. The van der Waals surface area contributed by atoms with Gasteiger partial charge in [0.15, 0.2) is 5.16 Å². The summed E-state index contributed by atoms with van der Waals surface area (Å²) in [7, 11) is 0. The summed E-state index contributed by atoms with van der Waals surface area (Å²) < 4.78 is 12.5. The number of nitrogens with zero attached hydrogens (tertiary/aromatic N) is 2. The molecule has 1 aromatic carbocycles. The topological polar surface area (TPSA) is 90.1 Å². The molecule has 1 aliphatic heterocycles. The van der Waals surface area contributed by atoms with Crippen LogP contribution in [-0.4, -0.2) is 27.5 Å². The van der Waals surface area contributed by atoms with Gasteiger partial charge in [0.25, 0.3) is 0 Å². The molecule has 4 rings (SSSR count). The molecular formula is C18H19N3O4S. The van der Waals surface area contributed by atoms with Gasteiger partial charge in [-0.2, -0.15) is 0 Å². The van der Waals surface area contributed by atoms with Crippen LogP contribution in [0.2, 0.25) is 0 Å². The van der Waals surface area contributed by atoms with Crippen molar-refractivity contribution in [1.29, 1.82) is 0 Å². The number of aryl methyl sites for hydroxylation is 1. The fraction of sp³-hybridized carbons (Fsp3) is 0.389. The highest BCUT2D eigenvalue weighted by Gasteiger charge is 2.20. The Morgan fingerprint density at radius 2 is 2.23 bits per heavy atom. The fourth-order valence-electron chi connectivity index (χ4n) is 3.17. The molecule has 0 saturated carbocycles. The van der Waals surface area contributed by atoms with Crippen molar-refractivity contribution in [3.63, 3.8) is 0 Å². The molecule has 2 aromatic heterocycles. The summed E-state index contributed by atoms with van der Waals surface area (Å²) >= 11 is 1.42. The van der Waals surface area contributed by atoms with Crippen LogP contribution in [0.15, 0.2) is 43.4 Å². The lowest BCUT2D eigenvalue weighted by molar-refractivity contribution is 0.0941. The van der Waals surface area contributed by atoms with Gasteiger partial charge in [0, 0.05) is 23.8 Å². The zero-order valence-corrected chi connectivity index (χ0v) is 15.2. The third-order valence-corrected chi connectivity index (χ3v) is 5.50. The van der Waals surface area contributed by atoms with Gasteiger partial charge >= 0.3 is 11.3 Å². The van der Waals surface area contributed by atoms with E-state index in [1.165, 1.54) is 17.8 Å². The average Bonchev–Trinajstić information content (AvgIpc) is 3.24. The first-order chi connectivity index (χ1) is 12.6. The fourth-order valence-corrected chi connectivity index (χ4v) is 4.11. The van der Waals surface area contributed by atoms with Crippen molar-refractivity contribution in [2.45, 2.75) is 43.3 Å². The zero-order valence-electron chi connectivity index (χ0n) is 14.4. The van der Waals surface area contributed by atoms with Crippen LogP contribution >= 0.6 is 11.8 Å². The van der Waals surface area contributed by atoms with E-state index < -0.39 is 0 Å². The molecule has 0 bridgehead atoms. The van der Waals surface area contributed by atoms with Crippen LogP contribution in [-0.2, 0) is 17.0 Å². The van der Waals surface area contributed by atoms with Crippen molar-refractivity contribution in [3.8, 4) is 0 Å². The molecule has 26 heavy (non-hydrogen) atoms. The SMILES string of the molecule is Cc1ccc2c(CSc3n[nH]c(=O)n3CC3CCCO3)cc(=O)oc2c1. The Kier molecular flexibility index (Phi) is 4.69. The Hall–Kier alpha value is -2.32. The molecule has 1 aliphatic rings. The van der Waals surface area contributed by atoms with E-state index in [0.717, 1.165) is 36.0 Å². The van der Waals surface area contributed by atoms with Crippen molar-refractivity contribution in [2.75, 3.05) is 6.61 Å². The summed E-state index contributed by atoms with van der Waals surface area (Å²) in [6, 6.07) is 7.29.